The fourth-order valence-electron chi connectivity index (χ4n) is 2.54. The Hall–Kier alpha value is -2.44. The molecule has 0 bridgehead atoms. The second kappa shape index (κ2) is 6.22. The first-order chi connectivity index (χ1) is 11.1. The van der Waals surface area contributed by atoms with Gasteiger partial charge >= 0.3 is 6.03 Å². The zero-order valence-electron chi connectivity index (χ0n) is 14.3. The maximum atomic E-state index is 14.0. The summed E-state index contributed by atoms with van der Waals surface area (Å²) in [5, 5.41) is 5.25. The van der Waals surface area contributed by atoms with Crippen LogP contribution in [0.15, 0.2) is 24.3 Å². The molecule has 7 heteroatoms. The third-order valence-electron chi connectivity index (χ3n) is 4.35. The SMILES string of the molecule is CCC(C)(C)NC(=O)CN1C(=O)N[C@@](C)(c2ccccc2F)C1=O. The molecule has 1 fully saturated rings. The van der Waals surface area contributed by atoms with E-state index in [9.17, 15) is 18.8 Å². The van der Waals surface area contributed by atoms with Crippen molar-refractivity contribution in [3.63, 3.8) is 0 Å². The van der Waals surface area contributed by atoms with Gasteiger partial charge in [-0.2, -0.15) is 0 Å². The van der Waals surface area contributed by atoms with E-state index in [4.69, 9.17) is 0 Å². The number of urea groups is 1. The van der Waals surface area contributed by atoms with Crippen molar-refractivity contribution in [3.05, 3.63) is 35.6 Å². The second-order valence-electron chi connectivity index (χ2n) is 6.71. The molecule has 4 amide bonds. The number of rotatable bonds is 5. The van der Waals surface area contributed by atoms with Crippen LogP contribution in [0.25, 0.3) is 0 Å². The quantitative estimate of drug-likeness (QED) is 0.807. The first-order valence-electron chi connectivity index (χ1n) is 7.81. The molecule has 2 rings (SSSR count). The highest BCUT2D eigenvalue weighted by molar-refractivity contribution is 6.09. The average Bonchev–Trinajstić information content (AvgIpc) is 2.71. The van der Waals surface area contributed by atoms with Crippen LogP contribution < -0.4 is 10.6 Å². The Morgan fingerprint density at radius 3 is 2.54 bits per heavy atom. The number of carbonyl (C=O) groups excluding carboxylic acids is 3. The van der Waals surface area contributed by atoms with Crippen LogP contribution in [0, 0.1) is 5.82 Å². The number of amides is 4. The Morgan fingerprint density at radius 1 is 1.33 bits per heavy atom. The maximum absolute atomic E-state index is 14.0. The van der Waals surface area contributed by atoms with Gasteiger partial charge in [-0.05, 0) is 33.3 Å². The minimum atomic E-state index is -1.52. The first kappa shape index (κ1) is 17.9. The summed E-state index contributed by atoms with van der Waals surface area (Å²) >= 11 is 0. The van der Waals surface area contributed by atoms with Crippen LogP contribution in [-0.4, -0.2) is 34.8 Å². The Balaban J connectivity index is 2.21. The van der Waals surface area contributed by atoms with Crippen molar-refractivity contribution in [2.24, 2.45) is 0 Å². The summed E-state index contributed by atoms with van der Waals surface area (Å²) in [6, 6.07) is 5.04. The van der Waals surface area contributed by atoms with Crippen LogP contribution in [0.5, 0.6) is 0 Å². The highest BCUT2D eigenvalue weighted by Crippen LogP contribution is 2.30. The van der Waals surface area contributed by atoms with E-state index in [2.05, 4.69) is 10.6 Å². The van der Waals surface area contributed by atoms with Gasteiger partial charge in [-0.3, -0.25) is 14.5 Å². The van der Waals surface area contributed by atoms with Gasteiger partial charge in [0.05, 0.1) is 0 Å². The Bertz CT molecular complexity index is 689. The molecule has 1 aliphatic rings. The molecule has 0 spiro atoms. The Kier molecular flexibility index (Phi) is 4.64. The molecule has 1 aliphatic heterocycles. The maximum Gasteiger partial charge on any atom is 0.325 e. The average molecular weight is 335 g/mol. The highest BCUT2D eigenvalue weighted by atomic mass is 19.1. The van der Waals surface area contributed by atoms with Crippen molar-refractivity contribution >= 4 is 17.8 Å². The molecule has 0 unspecified atom stereocenters. The van der Waals surface area contributed by atoms with E-state index in [1.165, 1.54) is 25.1 Å². The van der Waals surface area contributed by atoms with Crippen LogP contribution in [0.4, 0.5) is 9.18 Å². The van der Waals surface area contributed by atoms with Crippen molar-refractivity contribution in [3.8, 4) is 0 Å². The van der Waals surface area contributed by atoms with Gasteiger partial charge in [-0.15, -0.1) is 0 Å². The Morgan fingerprint density at radius 2 is 1.96 bits per heavy atom. The number of benzene rings is 1. The summed E-state index contributed by atoms with van der Waals surface area (Å²) in [6.07, 6.45) is 0.700. The largest absolute Gasteiger partial charge is 0.350 e. The van der Waals surface area contributed by atoms with Crippen molar-refractivity contribution in [1.29, 1.82) is 0 Å². The lowest BCUT2D eigenvalue weighted by Crippen LogP contribution is -2.49. The zero-order valence-corrected chi connectivity index (χ0v) is 14.3. The first-order valence-corrected chi connectivity index (χ1v) is 7.81. The molecule has 1 saturated heterocycles. The van der Waals surface area contributed by atoms with E-state index in [0.29, 0.717) is 6.42 Å². The molecule has 0 aromatic heterocycles. The molecule has 6 nitrogen and oxygen atoms in total. The molecule has 0 radical (unpaired) electrons. The van der Waals surface area contributed by atoms with E-state index in [1.54, 1.807) is 6.07 Å². The number of carbonyl (C=O) groups is 3. The fourth-order valence-corrected chi connectivity index (χ4v) is 2.54. The number of halogens is 1. The predicted octanol–water partition coefficient (Wildman–Crippen LogP) is 1.90. The van der Waals surface area contributed by atoms with Crippen LogP contribution in [-0.2, 0) is 15.1 Å². The predicted molar refractivity (Wildman–Crippen MR) is 86.5 cm³/mol. The topological polar surface area (TPSA) is 78.5 Å². The van der Waals surface area contributed by atoms with Crippen molar-refractivity contribution < 1.29 is 18.8 Å². The summed E-state index contributed by atoms with van der Waals surface area (Å²) in [6.45, 7) is 6.64. The van der Waals surface area contributed by atoms with Crippen LogP contribution in [0.3, 0.4) is 0 Å². The number of hydrogen-bond acceptors (Lipinski definition) is 3. The van der Waals surface area contributed by atoms with E-state index < -0.39 is 41.3 Å². The van der Waals surface area contributed by atoms with Gasteiger partial charge in [0.2, 0.25) is 5.91 Å². The van der Waals surface area contributed by atoms with E-state index in [0.717, 1.165) is 4.90 Å². The standard InChI is InChI=1S/C17H22FN3O3/c1-5-16(2,3)19-13(22)10-21-14(23)17(4,20-15(21)24)11-8-6-7-9-12(11)18/h6-9H,5,10H2,1-4H3,(H,19,22)(H,20,24)/t17-/m0/s1. The number of imide groups is 1. The molecule has 0 aliphatic carbocycles. The third-order valence-corrected chi connectivity index (χ3v) is 4.35. The summed E-state index contributed by atoms with van der Waals surface area (Å²) in [7, 11) is 0. The minimum absolute atomic E-state index is 0.0696. The monoisotopic (exact) mass is 335 g/mol. The van der Waals surface area contributed by atoms with E-state index >= 15 is 0 Å². The van der Waals surface area contributed by atoms with E-state index in [1.807, 2.05) is 20.8 Å². The van der Waals surface area contributed by atoms with Crippen molar-refractivity contribution in [2.45, 2.75) is 45.2 Å². The van der Waals surface area contributed by atoms with Crippen LogP contribution in [0.2, 0.25) is 0 Å². The third kappa shape index (κ3) is 3.25. The molecule has 1 aromatic carbocycles. The highest BCUT2D eigenvalue weighted by Gasteiger charge is 2.50. The normalized spacial score (nSPS) is 21.0. The summed E-state index contributed by atoms with van der Waals surface area (Å²) < 4.78 is 14.0. The van der Waals surface area contributed by atoms with Crippen LogP contribution in [0.1, 0.15) is 39.7 Å². The molecular weight excluding hydrogens is 313 g/mol. The summed E-state index contributed by atoms with van der Waals surface area (Å²) in [4.78, 5) is 37.7. The number of nitrogens with one attached hydrogen (secondary N) is 2. The van der Waals surface area contributed by atoms with Gasteiger partial charge in [-0.1, -0.05) is 25.1 Å². The van der Waals surface area contributed by atoms with Crippen molar-refractivity contribution in [1.82, 2.24) is 15.5 Å². The van der Waals surface area contributed by atoms with Gasteiger partial charge in [0.15, 0.2) is 0 Å². The molecule has 1 heterocycles. The molecule has 1 aromatic rings. The Labute approximate surface area is 140 Å². The van der Waals surface area contributed by atoms with Gasteiger partial charge in [0.25, 0.3) is 5.91 Å². The van der Waals surface area contributed by atoms with E-state index in [-0.39, 0.29) is 5.56 Å². The molecule has 130 valence electrons. The van der Waals surface area contributed by atoms with Gasteiger partial charge in [0.1, 0.15) is 17.9 Å². The molecular formula is C17H22FN3O3. The minimum Gasteiger partial charge on any atom is -0.350 e. The number of nitrogens with zero attached hydrogens (tertiary/aromatic N) is 1. The lowest BCUT2D eigenvalue weighted by atomic mass is 9.91. The lowest BCUT2D eigenvalue weighted by Gasteiger charge is -2.26. The fraction of sp³-hybridized carbons (Fsp3) is 0.471. The lowest BCUT2D eigenvalue weighted by molar-refractivity contribution is -0.135. The summed E-state index contributed by atoms with van der Waals surface area (Å²) in [5.41, 5.74) is -1.89. The smallest absolute Gasteiger partial charge is 0.325 e. The molecule has 2 N–H and O–H groups in total. The van der Waals surface area contributed by atoms with Crippen molar-refractivity contribution in [2.75, 3.05) is 6.54 Å². The van der Waals surface area contributed by atoms with Gasteiger partial charge < -0.3 is 10.6 Å². The zero-order chi connectivity index (χ0) is 18.1. The van der Waals surface area contributed by atoms with Gasteiger partial charge in [-0.25, -0.2) is 9.18 Å². The van der Waals surface area contributed by atoms with Crippen LogP contribution >= 0.6 is 0 Å². The number of hydrogen-bond donors (Lipinski definition) is 2. The molecule has 24 heavy (non-hydrogen) atoms. The second-order valence-corrected chi connectivity index (χ2v) is 6.71. The molecule has 1 atom stereocenters. The molecule has 0 saturated carbocycles. The summed E-state index contributed by atoms with van der Waals surface area (Å²) in [5.74, 6) is -1.68. The van der Waals surface area contributed by atoms with Gasteiger partial charge in [0, 0.05) is 11.1 Å².